The van der Waals surface area contributed by atoms with Crippen molar-refractivity contribution < 1.29 is 19.4 Å². The fourth-order valence-electron chi connectivity index (χ4n) is 3.40. The van der Waals surface area contributed by atoms with Crippen molar-refractivity contribution in [3.8, 4) is 0 Å². The van der Waals surface area contributed by atoms with Gasteiger partial charge < -0.3 is 20.1 Å². The lowest BCUT2D eigenvalue weighted by Gasteiger charge is -2.37. The van der Waals surface area contributed by atoms with Crippen LogP contribution in [0.1, 0.15) is 46.0 Å². The first-order valence-corrected chi connectivity index (χ1v) is 7.84. The second-order valence-electron chi connectivity index (χ2n) is 6.47. The minimum absolute atomic E-state index is 0.0163. The Bertz CT molecular complexity index is 383. The van der Waals surface area contributed by atoms with E-state index in [9.17, 15) is 14.7 Å². The van der Waals surface area contributed by atoms with E-state index in [-0.39, 0.29) is 24.8 Å². The summed E-state index contributed by atoms with van der Waals surface area (Å²) in [6.45, 7) is 5.21. The van der Waals surface area contributed by atoms with Crippen molar-refractivity contribution in [3.05, 3.63) is 0 Å². The van der Waals surface area contributed by atoms with E-state index in [1.165, 1.54) is 0 Å². The Morgan fingerprint density at radius 3 is 2.29 bits per heavy atom. The molecule has 2 amide bonds. The minimum Gasteiger partial charge on any atom is -0.481 e. The average Bonchev–Trinajstić information content (AvgIpc) is 2.44. The Morgan fingerprint density at radius 1 is 1.19 bits per heavy atom. The van der Waals surface area contributed by atoms with Crippen LogP contribution in [0.25, 0.3) is 0 Å². The molecule has 1 saturated heterocycles. The van der Waals surface area contributed by atoms with Gasteiger partial charge in [0.2, 0.25) is 0 Å². The second kappa shape index (κ2) is 6.64. The molecule has 6 nitrogen and oxygen atoms in total. The number of carbonyl (C=O) groups excluding carboxylic acids is 1. The lowest BCUT2D eigenvalue weighted by molar-refractivity contribution is -0.150. The van der Waals surface area contributed by atoms with Crippen molar-refractivity contribution in [2.45, 2.75) is 58.2 Å². The molecule has 0 spiro atoms. The van der Waals surface area contributed by atoms with Gasteiger partial charge in [0.1, 0.15) is 0 Å². The van der Waals surface area contributed by atoms with Crippen LogP contribution in [0.15, 0.2) is 0 Å². The zero-order valence-corrected chi connectivity index (χ0v) is 12.9. The fraction of sp³-hybridized carbons (Fsp3) is 0.867. The van der Waals surface area contributed by atoms with Gasteiger partial charge >= 0.3 is 12.0 Å². The Kier molecular flexibility index (Phi) is 5.08. The third-order valence-corrected chi connectivity index (χ3v) is 4.55. The number of carboxylic acid groups (broad SMARTS) is 1. The van der Waals surface area contributed by atoms with Crippen LogP contribution < -0.4 is 5.32 Å². The molecule has 120 valence electrons. The summed E-state index contributed by atoms with van der Waals surface area (Å²) in [7, 11) is 0. The van der Waals surface area contributed by atoms with E-state index in [0.29, 0.717) is 25.9 Å². The van der Waals surface area contributed by atoms with Crippen LogP contribution in [0.2, 0.25) is 0 Å². The molecular weight excluding hydrogens is 272 g/mol. The van der Waals surface area contributed by atoms with Crippen LogP contribution in [-0.4, -0.2) is 53.8 Å². The fourth-order valence-corrected chi connectivity index (χ4v) is 3.40. The van der Waals surface area contributed by atoms with Crippen LogP contribution in [0.3, 0.4) is 0 Å². The van der Waals surface area contributed by atoms with Gasteiger partial charge in [0.05, 0.1) is 17.6 Å². The molecule has 0 aromatic rings. The highest BCUT2D eigenvalue weighted by Crippen LogP contribution is 2.36. The third kappa shape index (κ3) is 3.87. The number of nitrogens with zero attached hydrogens (tertiary/aromatic N) is 1. The van der Waals surface area contributed by atoms with Gasteiger partial charge in [-0.05, 0) is 26.7 Å². The zero-order valence-electron chi connectivity index (χ0n) is 12.9. The van der Waals surface area contributed by atoms with Crippen molar-refractivity contribution in [2.75, 3.05) is 19.6 Å². The predicted molar refractivity (Wildman–Crippen MR) is 78.1 cm³/mol. The smallest absolute Gasteiger partial charge is 0.317 e. The molecule has 2 fully saturated rings. The Morgan fingerprint density at radius 2 is 1.76 bits per heavy atom. The van der Waals surface area contributed by atoms with E-state index < -0.39 is 11.4 Å². The van der Waals surface area contributed by atoms with Crippen LogP contribution >= 0.6 is 0 Å². The number of carbonyl (C=O) groups is 2. The van der Waals surface area contributed by atoms with E-state index in [1.807, 2.05) is 13.8 Å². The Labute approximate surface area is 125 Å². The van der Waals surface area contributed by atoms with Gasteiger partial charge in [-0.3, -0.25) is 4.79 Å². The molecule has 1 aliphatic carbocycles. The molecule has 0 aromatic carbocycles. The first-order chi connectivity index (χ1) is 9.93. The van der Waals surface area contributed by atoms with Crippen LogP contribution in [0.5, 0.6) is 0 Å². The first-order valence-electron chi connectivity index (χ1n) is 7.84. The molecular formula is C15H26N2O4. The number of hydrogen-bond donors (Lipinski definition) is 2. The number of morpholine rings is 1. The molecule has 1 saturated carbocycles. The van der Waals surface area contributed by atoms with E-state index >= 15 is 0 Å². The minimum atomic E-state index is -0.786. The molecule has 2 rings (SSSR count). The van der Waals surface area contributed by atoms with E-state index in [4.69, 9.17) is 4.74 Å². The van der Waals surface area contributed by atoms with Crippen molar-refractivity contribution in [1.29, 1.82) is 0 Å². The van der Waals surface area contributed by atoms with Crippen molar-refractivity contribution in [3.63, 3.8) is 0 Å². The van der Waals surface area contributed by atoms with Gasteiger partial charge in [0.15, 0.2) is 0 Å². The molecule has 2 unspecified atom stereocenters. The summed E-state index contributed by atoms with van der Waals surface area (Å²) in [5.41, 5.74) is -0.780. The summed E-state index contributed by atoms with van der Waals surface area (Å²) in [5, 5.41) is 12.3. The number of ether oxygens (including phenoxy) is 1. The van der Waals surface area contributed by atoms with Crippen LogP contribution in [0, 0.1) is 5.41 Å². The standard InChI is InChI=1S/C15H26N2O4/c1-11-8-17(9-12(2)21-11)14(20)16-10-15(13(18)19)6-4-3-5-7-15/h11-12H,3-10H2,1-2H3,(H,16,20)(H,18,19). The SMILES string of the molecule is CC1CN(C(=O)NCC2(C(=O)O)CCCCC2)CC(C)O1. The Hall–Kier alpha value is -1.30. The largest absolute Gasteiger partial charge is 0.481 e. The number of aliphatic carboxylic acids is 1. The van der Waals surface area contributed by atoms with E-state index in [1.54, 1.807) is 4.90 Å². The number of urea groups is 1. The summed E-state index contributed by atoms with van der Waals surface area (Å²) < 4.78 is 5.60. The maximum absolute atomic E-state index is 12.3. The zero-order chi connectivity index (χ0) is 15.5. The topological polar surface area (TPSA) is 78.9 Å². The number of amides is 2. The van der Waals surface area contributed by atoms with Gasteiger partial charge in [-0.25, -0.2) is 4.79 Å². The van der Waals surface area contributed by atoms with Gasteiger partial charge in [-0.15, -0.1) is 0 Å². The molecule has 1 heterocycles. The summed E-state index contributed by atoms with van der Waals surface area (Å²) in [5.74, 6) is -0.786. The number of rotatable bonds is 3. The molecule has 2 N–H and O–H groups in total. The molecule has 0 bridgehead atoms. The quantitative estimate of drug-likeness (QED) is 0.833. The second-order valence-corrected chi connectivity index (χ2v) is 6.47. The number of nitrogens with one attached hydrogen (secondary N) is 1. The van der Waals surface area contributed by atoms with Crippen LogP contribution in [-0.2, 0) is 9.53 Å². The molecule has 0 aromatic heterocycles. The van der Waals surface area contributed by atoms with Crippen molar-refractivity contribution in [2.24, 2.45) is 5.41 Å². The lowest BCUT2D eigenvalue weighted by atomic mass is 9.74. The predicted octanol–water partition coefficient (Wildman–Crippen LogP) is 1.84. The monoisotopic (exact) mass is 298 g/mol. The van der Waals surface area contributed by atoms with Gasteiger partial charge in [-0.1, -0.05) is 19.3 Å². The van der Waals surface area contributed by atoms with E-state index in [0.717, 1.165) is 19.3 Å². The molecule has 21 heavy (non-hydrogen) atoms. The van der Waals surface area contributed by atoms with Gasteiger partial charge in [-0.2, -0.15) is 0 Å². The van der Waals surface area contributed by atoms with E-state index in [2.05, 4.69) is 5.32 Å². The first kappa shape index (κ1) is 16.1. The Balaban J connectivity index is 1.91. The van der Waals surface area contributed by atoms with Crippen LogP contribution in [0.4, 0.5) is 4.79 Å². The molecule has 6 heteroatoms. The highest BCUT2D eigenvalue weighted by atomic mass is 16.5. The molecule has 2 aliphatic rings. The lowest BCUT2D eigenvalue weighted by Crippen LogP contribution is -2.54. The van der Waals surface area contributed by atoms with Crippen molar-refractivity contribution in [1.82, 2.24) is 10.2 Å². The highest BCUT2D eigenvalue weighted by molar-refractivity contribution is 5.78. The normalized spacial score (nSPS) is 29.0. The molecule has 2 atom stereocenters. The summed E-state index contributed by atoms with van der Waals surface area (Å²) in [6, 6.07) is -0.178. The molecule has 1 aliphatic heterocycles. The number of carboxylic acids is 1. The maximum atomic E-state index is 12.3. The highest BCUT2D eigenvalue weighted by Gasteiger charge is 2.40. The summed E-state index contributed by atoms with van der Waals surface area (Å²) in [4.78, 5) is 25.6. The maximum Gasteiger partial charge on any atom is 0.317 e. The number of hydrogen-bond acceptors (Lipinski definition) is 3. The average molecular weight is 298 g/mol. The summed E-state index contributed by atoms with van der Waals surface area (Å²) >= 11 is 0. The molecule has 0 radical (unpaired) electrons. The van der Waals surface area contributed by atoms with Gasteiger partial charge in [0, 0.05) is 19.6 Å². The van der Waals surface area contributed by atoms with Crippen molar-refractivity contribution >= 4 is 12.0 Å². The third-order valence-electron chi connectivity index (χ3n) is 4.55. The van der Waals surface area contributed by atoms with Gasteiger partial charge in [0.25, 0.3) is 0 Å². The summed E-state index contributed by atoms with van der Waals surface area (Å²) in [6.07, 6.45) is 4.27.